The molecule has 14 aromatic rings. The molecule has 4 nitrogen and oxygen atoms in total. The Bertz CT molecular complexity index is 4990. The molecule has 16 rings (SSSR count). The molecular formula is C84H75BN4. The maximum atomic E-state index is 2.69. The molecule has 4 heterocycles. The van der Waals surface area contributed by atoms with E-state index in [1.165, 1.54) is 132 Å². The molecular weight excluding hydrogens is 1080 g/mol. The van der Waals surface area contributed by atoms with Crippen LogP contribution in [0.2, 0.25) is 0 Å². The summed E-state index contributed by atoms with van der Waals surface area (Å²) in [4.78, 5) is 5.38. The average Bonchev–Trinajstić information content (AvgIpc) is 1.60. The summed E-state index contributed by atoms with van der Waals surface area (Å²) in [5, 5.41) is 9.84. The number of para-hydroxylation sites is 3. The number of aromatic nitrogens is 2. The molecule has 0 radical (unpaired) electrons. The summed E-state index contributed by atoms with van der Waals surface area (Å²) in [5.74, 6) is 0. The van der Waals surface area contributed by atoms with Gasteiger partial charge in [0.25, 0.3) is 6.71 Å². The monoisotopic (exact) mass is 1150 g/mol. The van der Waals surface area contributed by atoms with Crippen LogP contribution < -0.4 is 26.2 Å². The zero-order valence-electron chi connectivity index (χ0n) is 53.4. The topological polar surface area (TPSA) is 16.3 Å². The molecule has 2 aliphatic rings. The molecule has 0 fully saturated rings. The minimum absolute atomic E-state index is 0.0906. The first-order chi connectivity index (χ1) is 42.7. The van der Waals surface area contributed by atoms with Crippen molar-refractivity contribution in [2.75, 3.05) is 9.80 Å². The van der Waals surface area contributed by atoms with Crippen molar-refractivity contribution in [2.45, 2.75) is 105 Å². The van der Waals surface area contributed by atoms with Gasteiger partial charge in [0, 0.05) is 77.8 Å². The highest BCUT2D eigenvalue weighted by Gasteiger charge is 2.45. The van der Waals surface area contributed by atoms with Crippen LogP contribution in [0.3, 0.4) is 0 Å². The Hall–Kier alpha value is -9.58. The maximum Gasteiger partial charge on any atom is 0.252 e. The summed E-state index contributed by atoms with van der Waals surface area (Å²) in [7, 11) is 0. The van der Waals surface area contributed by atoms with Gasteiger partial charge in [0.15, 0.2) is 0 Å². The summed E-state index contributed by atoms with van der Waals surface area (Å²) in [6, 6.07) is 90.9. The summed E-state index contributed by atoms with van der Waals surface area (Å²) in [6.07, 6.45) is 0. The van der Waals surface area contributed by atoms with Crippen molar-refractivity contribution in [1.82, 2.24) is 9.13 Å². The lowest BCUT2D eigenvalue weighted by Gasteiger charge is -2.46. The highest BCUT2D eigenvalue weighted by atomic mass is 15.2. The third-order valence-electron chi connectivity index (χ3n) is 19.6. The second-order valence-electron chi connectivity index (χ2n) is 29.5. The summed E-state index contributed by atoms with van der Waals surface area (Å²) < 4.78 is 4.96. The molecule has 0 amide bonds. The minimum atomic E-state index is -0.118. The van der Waals surface area contributed by atoms with Crippen molar-refractivity contribution >= 4 is 122 Å². The third kappa shape index (κ3) is 8.63. The van der Waals surface area contributed by atoms with E-state index in [2.05, 4.69) is 339 Å². The van der Waals surface area contributed by atoms with Crippen LogP contribution in [0.5, 0.6) is 0 Å². The van der Waals surface area contributed by atoms with Crippen molar-refractivity contribution in [3.05, 3.63) is 259 Å². The minimum Gasteiger partial charge on any atom is -0.311 e. The van der Waals surface area contributed by atoms with Crippen molar-refractivity contribution in [3.8, 4) is 22.5 Å². The molecule has 5 heteroatoms. The fourth-order valence-corrected chi connectivity index (χ4v) is 14.8. The summed E-state index contributed by atoms with van der Waals surface area (Å²) >= 11 is 0. The van der Waals surface area contributed by atoms with Crippen molar-refractivity contribution in [3.63, 3.8) is 0 Å². The maximum absolute atomic E-state index is 2.69. The molecule has 0 saturated heterocycles. The van der Waals surface area contributed by atoms with Gasteiger partial charge in [0.05, 0.1) is 22.1 Å². The molecule has 0 unspecified atom stereocenters. The molecule has 2 aromatic heterocycles. The fraction of sp³-hybridized carbons (Fsp3) is 0.190. The first-order valence-electron chi connectivity index (χ1n) is 31.9. The number of nitrogens with zero attached hydrogens (tertiary/aromatic N) is 4. The molecule has 2 aliphatic heterocycles. The molecule has 0 spiro atoms. The van der Waals surface area contributed by atoms with Gasteiger partial charge in [-0.05, 0) is 167 Å². The van der Waals surface area contributed by atoms with Gasteiger partial charge in [0.2, 0.25) is 0 Å². The lowest BCUT2D eigenvalue weighted by Crippen LogP contribution is -2.61. The number of fused-ring (bicyclic) bond motifs is 14. The molecule has 0 N–H and O–H groups in total. The Labute approximate surface area is 524 Å². The third-order valence-corrected chi connectivity index (χ3v) is 19.6. The van der Waals surface area contributed by atoms with Crippen LogP contribution in [0, 0.1) is 0 Å². The van der Waals surface area contributed by atoms with Crippen LogP contribution in [0.15, 0.2) is 237 Å². The number of benzene rings is 12. The molecule has 12 aromatic carbocycles. The zero-order chi connectivity index (χ0) is 61.2. The zero-order valence-corrected chi connectivity index (χ0v) is 53.4. The molecule has 434 valence electrons. The average molecular weight is 1150 g/mol. The van der Waals surface area contributed by atoms with Crippen LogP contribution in [0.4, 0.5) is 34.1 Å². The van der Waals surface area contributed by atoms with E-state index < -0.39 is 0 Å². The molecule has 0 aliphatic carbocycles. The quantitative estimate of drug-likeness (QED) is 0.160. The van der Waals surface area contributed by atoms with Crippen molar-refractivity contribution < 1.29 is 0 Å². The van der Waals surface area contributed by atoms with Crippen molar-refractivity contribution in [1.29, 1.82) is 0 Å². The van der Waals surface area contributed by atoms with Crippen LogP contribution in [0.1, 0.15) is 105 Å². The molecule has 89 heavy (non-hydrogen) atoms. The first-order valence-corrected chi connectivity index (χ1v) is 31.9. The predicted molar refractivity (Wildman–Crippen MR) is 384 cm³/mol. The van der Waals surface area contributed by atoms with Gasteiger partial charge in [-0.3, -0.25) is 0 Å². The Morgan fingerprint density at radius 1 is 0.270 bits per heavy atom. The van der Waals surface area contributed by atoms with Crippen molar-refractivity contribution in [2.24, 2.45) is 0 Å². The Balaban J connectivity index is 1.06. The van der Waals surface area contributed by atoms with Gasteiger partial charge >= 0.3 is 0 Å². The molecule has 0 bridgehead atoms. The van der Waals surface area contributed by atoms with E-state index in [4.69, 9.17) is 0 Å². The Morgan fingerprint density at radius 2 is 0.652 bits per heavy atom. The van der Waals surface area contributed by atoms with Gasteiger partial charge in [-0.25, -0.2) is 0 Å². The number of hydrogen-bond acceptors (Lipinski definition) is 2. The van der Waals surface area contributed by atoms with E-state index in [1.807, 2.05) is 0 Å². The predicted octanol–water partition coefficient (Wildman–Crippen LogP) is 21.1. The van der Waals surface area contributed by atoms with Gasteiger partial charge in [-0.2, -0.15) is 0 Å². The second-order valence-corrected chi connectivity index (χ2v) is 29.5. The summed E-state index contributed by atoms with van der Waals surface area (Å²) in [5.41, 5.74) is 25.3. The lowest BCUT2D eigenvalue weighted by atomic mass is 9.33. The van der Waals surface area contributed by atoms with E-state index in [9.17, 15) is 0 Å². The van der Waals surface area contributed by atoms with Crippen LogP contribution in [-0.2, 0) is 21.7 Å². The van der Waals surface area contributed by atoms with E-state index >= 15 is 0 Å². The number of anilines is 6. The van der Waals surface area contributed by atoms with Crippen LogP contribution >= 0.6 is 0 Å². The number of rotatable bonds is 5. The Kier molecular flexibility index (Phi) is 12.0. The van der Waals surface area contributed by atoms with Gasteiger partial charge < -0.3 is 18.9 Å². The van der Waals surface area contributed by atoms with E-state index in [0.717, 1.165) is 28.0 Å². The SMILES string of the molecule is CC(C)(C)c1cc(N2c3cc(-c4ccc5c6cc7c(cc6n(-c6ccccc6)c5c4)c4ccccc4n7-c4ccccc4)cc4c3B(c3ccc5ccccc5c32)c2ccc3ccccc3c2N4c2cc(C(C)(C)C)cc(C(C)(C)C)c2)cc(C(C)(C)C)c1. The normalized spacial score (nSPS) is 13.6. The van der Waals surface area contributed by atoms with Gasteiger partial charge in [0.1, 0.15) is 0 Å². The molecule has 0 atom stereocenters. The number of hydrogen-bond donors (Lipinski definition) is 0. The van der Waals surface area contributed by atoms with Crippen LogP contribution in [-0.4, -0.2) is 15.8 Å². The highest BCUT2D eigenvalue weighted by molar-refractivity contribution is 7.00. The lowest BCUT2D eigenvalue weighted by molar-refractivity contribution is 0.568. The van der Waals surface area contributed by atoms with Gasteiger partial charge in [-0.15, -0.1) is 0 Å². The Morgan fingerprint density at radius 3 is 1.10 bits per heavy atom. The second kappa shape index (κ2) is 19.5. The van der Waals surface area contributed by atoms with E-state index in [1.54, 1.807) is 0 Å². The highest BCUT2D eigenvalue weighted by Crippen LogP contribution is 2.52. The van der Waals surface area contributed by atoms with E-state index in [-0.39, 0.29) is 28.4 Å². The fourth-order valence-electron chi connectivity index (χ4n) is 14.8. The smallest absolute Gasteiger partial charge is 0.252 e. The molecule has 0 saturated carbocycles. The first kappa shape index (κ1) is 54.8. The largest absolute Gasteiger partial charge is 0.311 e. The van der Waals surface area contributed by atoms with Gasteiger partial charge in [-0.1, -0.05) is 235 Å². The van der Waals surface area contributed by atoms with E-state index in [0.29, 0.717) is 0 Å². The van der Waals surface area contributed by atoms with Crippen LogP contribution in [0.25, 0.3) is 87.7 Å². The standard InChI is InChI=1S/C84H75BN4/c1-81(2,3)56-44-57(82(4,5)6)47-62(46-56)88-76-42-55(54-35-38-67-69-51-74-68(50-75(69)87(73(67)41-54)61-29-17-14-18-30-61)66-33-23-24-34-72(66)86(74)60-27-15-13-16-28-60)43-77-78(76)85(70-39-36-52-25-19-21-31-64(52)79(70)88)71-40-37-53-26-20-22-32-65(53)80(71)89(77)63-48-58(83(7,8)9)45-59(49-63)84(10,11)12/h13-51H,1-12H3. The summed E-state index contributed by atoms with van der Waals surface area (Å²) in [6.45, 7) is 28.3.